The van der Waals surface area contributed by atoms with Crippen LogP contribution in [0.1, 0.15) is 35.9 Å². The number of nitrogens with one attached hydrogen (secondary N) is 1. The van der Waals surface area contributed by atoms with E-state index in [0.717, 1.165) is 12.8 Å². The second kappa shape index (κ2) is 9.24. The van der Waals surface area contributed by atoms with Gasteiger partial charge in [-0.1, -0.05) is 29.7 Å². The third-order valence-corrected chi connectivity index (χ3v) is 7.85. The molecule has 2 heterocycles. The molecule has 1 saturated heterocycles. The van der Waals surface area contributed by atoms with Crippen LogP contribution in [0.5, 0.6) is 0 Å². The molecule has 1 aliphatic heterocycles. The van der Waals surface area contributed by atoms with E-state index in [-0.39, 0.29) is 32.5 Å². The summed E-state index contributed by atoms with van der Waals surface area (Å²) in [5, 5.41) is 6.61. The summed E-state index contributed by atoms with van der Waals surface area (Å²) >= 11 is 6.13. The van der Waals surface area contributed by atoms with Crippen molar-refractivity contribution in [3.8, 4) is 11.3 Å². The number of nitrogens with zero attached hydrogens (tertiary/aromatic N) is 2. The number of rotatable bonds is 5. The molecule has 0 bridgehead atoms. The van der Waals surface area contributed by atoms with Crippen molar-refractivity contribution < 1.29 is 22.1 Å². The molecule has 1 aliphatic rings. The number of benzene rings is 2. The molecule has 0 saturated carbocycles. The van der Waals surface area contributed by atoms with Gasteiger partial charge in [-0.3, -0.25) is 4.79 Å². The first-order valence-corrected chi connectivity index (χ1v) is 12.3. The zero-order valence-electron chi connectivity index (χ0n) is 18.1. The molecule has 1 fully saturated rings. The fraction of sp³-hybridized carbons (Fsp3) is 0.304. The largest absolute Gasteiger partial charge is 0.360 e. The van der Waals surface area contributed by atoms with Gasteiger partial charge in [0.2, 0.25) is 10.0 Å². The Morgan fingerprint density at radius 1 is 1.24 bits per heavy atom. The molecule has 0 spiro atoms. The number of piperidine rings is 1. The molecule has 1 aromatic heterocycles. The summed E-state index contributed by atoms with van der Waals surface area (Å²) in [4.78, 5) is 13.1. The van der Waals surface area contributed by atoms with Gasteiger partial charge in [-0.05, 0) is 62.1 Å². The van der Waals surface area contributed by atoms with Crippen molar-refractivity contribution >= 4 is 33.2 Å². The van der Waals surface area contributed by atoms with E-state index in [9.17, 15) is 17.6 Å². The number of carbonyl (C=O) groups excluding carboxylic acids is 1. The number of amides is 1. The van der Waals surface area contributed by atoms with Gasteiger partial charge < -0.3 is 9.84 Å². The lowest BCUT2D eigenvalue weighted by Gasteiger charge is -2.30. The average Bonchev–Trinajstić information content (AvgIpc) is 3.15. The maximum atomic E-state index is 14.4. The molecule has 33 heavy (non-hydrogen) atoms. The monoisotopic (exact) mass is 491 g/mol. The molecule has 0 radical (unpaired) electrons. The van der Waals surface area contributed by atoms with Crippen LogP contribution in [0, 0.1) is 18.7 Å². The van der Waals surface area contributed by atoms with Crippen LogP contribution in [-0.4, -0.2) is 36.9 Å². The maximum Gasteiger partial charge on any atom is 0.261 e. The highest BCUT2D eigenvalue weighted by Gasteiger charge is 2.29. The molecule has 174 valence electrons. The van der Waals surface area contributed by atoms with Crippen LogP contribution < -0.4 is 5.32 Å². The summed E-state index contributed by atoms with van der Waals surface area (Å²) in [5.41, 5.74) is 0.378. The molecule has 4 rings (SSSR count). The fourth-order valence-electron chi connectivity index (χ4n) is 3.95. The van der Waals surface area contributed by atoms with E-state index in [1.54, 1.807) is 0 Å². The number of hydrogen-bond acceptors (Lipinski definition) is 5. The Balaban J connectivity index is 1.57. The van der Waals surface area contributed by atoms with Crippen LogP contribution in [0.25, 0.3) is 11.3 Å². The van der Waals surface area contributed by atoms with E-state index >= 15 is 0 Å². The van der Waals surface area contributed by atoms with Crippen molar-refractivity contribution in [3.05, 3.63) is 64.6 Å². The van der Waals surface area contributed by atoms with E-state index in [4.69, 9.17) is 16.1 Å². The molecule has 1 amide bonds. The molecular weight excluding hydrogens is 469 g/mol. The van der Waals surface area contributed by atoms with Gasteiger partial charge in [0, 0.05) is 18.8 Å². The number of hydrogen-bond donors (Lipinski definition) is 1. The van der Waals surface area contributed by atoms with Crippen LogP contribution in [0.15, 0.2) is 51.9 Å². The summed E-state index contributed by atoms with van der Waals surface area (Å²) < 4.78 is 46.9. The van der Waals surface area contributed by atoms with Crippen molar-refractivity contribution in [2.24, 2.45) is 5.92 Å². The van der Waals surface area contributed by atoms with E-state index in [1.807, 2.05) is 6.92 Å². The smallest absolute Gasteiger partial charge is 0.261 e. The van der Waals surface area contributed by atoms with Gasteiger partial charge >= 0.3 is 0 Å². The molecule has 1 unspecified atom stereocenters. The molecule has 7 nitrogen and oxygen atoms in total. The van der Waals surface area contributed by atoms with Gasteiger partial charge in [-0.15, -0.1) is 0 Å². The Morgan fingerprint density at radius 3 is 2.64 bits per heavy atom. The Labute approximate surface area is 196 Å². The number of aromatic nitrogens is 1. The van der Waals surface area contributed by atoms with Crippen LogP contribution in [0.3, 0.4) is 0 Å². The highest BCUT2D eigenvalue weighted by atomic mass is 35.5. The molecule has 10 heteroatoms. The predicted octanol–water partition coefficient (Wildman–Crippen LogP) is 5.12. The SMILES string of the molecule is Cc1onc(-c2c(F)cccc2Cl)c1C(=O)Nc1ccc(S(=O)(=O)N2CCCC(C)C2)cc1. The number of halogens is 2. The minimum absolute atomic E-state index is 0.00786. The number of sulfonamides is 1. The molecule has 2 aromatic carbocycles. The lowest BCUT2D eigenvalue weighted by molar-refractivity contribution is 0.102. The van der Waals surface area contributed by atoms with E-state index in [0.29, 0.717) is 24.7 Å². The fourth-order valence-corrected chi connectivity index (χ4v) is 5.80. The van der Waals surface area contributed by atoms with Crippen molar-refractivity contribution in [2.45, 2.75) is 31.6 Å². The quantitative estimate of drug-likeness (QED) is 0.535. The van der Waals surface area contributed by atoms with Gasteiger partial charge in [-0.2, -0.15) is 4.31 Å². The topological polar surface area (TPSA) is 92.5 Å². The van der Waals surface area contributed by atoms with Gasteiger partial charge in [0.05, 0.1) is 15.5 Å². The standard InChI is InChI=1S/C23H23ClFN3O4S/c1-14-5-4-12-28(13-14)33(30,31)17-10-8-16(9-11-17)26-23(29)20-15(2)32-27-22(20)21-18(24)6-3-7-19(21)25/h3,6-11,14H,4-5,12-13H2,1-2H3,(H,26,29). The third-order valence-electron chi connectivity index (χ3n) is 5.66. The Hall–Kier alpha value is -2.75. The highest BCUT2D eigenvalue weighted by molar-refractivity contribution is 7.89. The maximum absolute atomic E-state index is 14.4. The minimum Gasteiger partial charge on any atom is -0.360 e. The molecule has 1 atom stereocenters. The predicted molar refractivity (Wildman–Crippen MR) is 123 cm³/mol. The summed E-state index contributed by atoms with van der Waals surface area (Å²) in [6.45, 7) is 4.57. The number of anilines is 1. The molecule has 3 aromatic rings. The first kappa shape index (κ1) is 23.4. The average molecular weight is 492 g/mol. The van der Waals surface area contributed by atoms with E-state index in [2.05, 4.69) is 10.5 Å². The van der Waals surface area contributed by atoms with Crippen molar-refractivity contribution in [3.63, 3.8) is 0 Å². The zero-order chi connectivity index (χ0) is 23.8. The Kier molecular flexibility index (Phi) is 6.56. The van der Waals surface area contributed by atoms with Gasteiger partial charge in [0.15, 0.2) is 0 Å². The van der Waals surface area contributed by atoms with Crippen LogP contribution in [0.4, 0.5) is 10.1 Å². The van der Waals surface area contributed by atoms with Crippen LogP contribution in [0.2, 0.25) is 5.02 Å². The van der Waals surface area contributed by atoms with Crippen LogP contribution in [-0.2, 0) is 10.0 Å². The van der Waals surface area contributed by atoms with E-state index < -0.39 is 21.7 Å². The van der Waals surface area contributed by atoms with Gasteiger partial charge in [0.1, 0.15) is 22.8 Å². The van der Waals surface area contributed by atoms with Gasteiger partial charge in [-0.25, -0.2) is 12.8 Å². The van der Waals surface area contributed by atoms with E-state index in [1.165, 1.54) is 53.7 Å². The molecular formula is C23H23ClFN3O4S. The summed E-state index contributed by atoms with van der Waals surface area (Å²) in [6.07, 6.45) is 1.85. The van der Waals surface area contributed by atoms with Crippen molar-refractivity contribution in [1.29, 1.82) is 0 Å². The first-order chi connectivity index (χ1) is 15.7. The molecule has 1 N–H and O–H groups in total. The normalized spacial score (nSPS) is 17.2. The minimum atomic E-state index is -3.60. The summed E-state index contributed by atoms with van der Waals surface area (Å²) in [5.74, 6) is -0.703. The van der Waals surface area contributed by atoms with Crippen molar-refractivity contribution in [2.75, 3.05) is 18.4 Å². The second-order valence-corrected chi connectivity index (χ2v) is 10.5. The zero-order valence-corrected chi connectivity index (χ0v) is 19.7. The van der Waals surface area contributed by atoms with Gasteiger partial charge in [0.25, 0.3) is 5.91 Å². The van der Waals surface area contributed by atoms with Crippen LogP contribution >= 0.6 is 11.6 Å². The number of aryl methyl sites for hydroxylation is 1. The summed E-state index contributed by atoms with van der Waals surface area (Å²) in [7, 11) is -3.60. The number of carbonyl (C=O) groups is 1. The third kappa shape index (κ3) is 4.66. The molecule has 0 aliphatic carbocycles. The summed E-state index contributed by atoms with van der Waals surface area (Å²) in [6, 6.07) is 10.1. The highest BCUT2D eigenvalue weighted by Crippen LogP contribution is 2.34. The Bertz CT molecular complexity index is 1270. The lowest BCUT2D eigenvalue weighted by atomic mass is 10.0. The first-order valence-electron chi connectivity index (χ1n) is 10.5. The second-order valence-electron chi connectivity index (χ2n) is 8.15. The lowest BCUT2D eigenvalue weighted by Crippen LogP contribution is -2.39. The van der Waals surface area contributed by atoms with Crippen molar-refractivity contribution in [1.82, 2.24) is 9.46 Å². The Morgan fingerprint density at radius 2 is 1.97 bits per heavy atom.